The molecular weight excluding hydrogens is 256 g/mol. The number of rotatable bonds is 3. The molecule has 0 spiro atoms. The van der Waals surface area contributed by atoms with Crippen molar-refractivity contribution in [2.24, 2.45) is 0 Å². The number of hydrogen-bond donors (Lipinski definition) is 0. The highest BCUT2D eigenvalue weighted by Gasteiger charge is 2.06. The molecular formula is C16H18S2. The molecule has 0 atom stereocenters. The van der Waals surface area contributed by atoms with Crippen molar-refractivity contribution in [3.05, 3.63) is 58.7 Å². The van der Waals surface area contributed by atoms with Gasteiger partial charge in [-0.05, 0) is 56.0 Å². The van der Waals surface area contributed by atoms with Crippen LogP contribution >= 0.6 is 21.6 Å². The normalized spacial score (nSPS) is 10.7. The maximum atomic E-state index is 2.20. The smallest absolute Gasteiger partial charge is 0.0244 e. The first-order valence-corrected chi connectivity index (χ1v) is 8.21. The molecule has 0 unspecified atom stereocenters. The zero-order chi connectivity index (χ0) is 13.1. The van der Waals surface area contributed by atoms with Crippen molar-refractivity contribution in [2.45, 2.75) is 37.5 Å². The zero-order valence-corrected chi connectivity index (χ0v) is 12.9. The first-order chi connectivity index (χ1) is 8.59. The highest BCUT2D eigenvalue weighted by atomic mass is 33.1. The van der Waals surface area contributed by atoms with E-state index in [0.29, 0.717) is 0 Å². The van der Waals surface area contributed by atoms with Gasteiger partial charge in [0, 0.05) is 9.79 Å². The van der Waals surface area contributed by atoms with Crippen LogP contribution < -0.4 is 0 Å². The van der Waals surface area contributed by atoms with E-state index in [2.05, 4.69) is 64.1 Å². The van der Waals surface area contributed by atoms with Crippen LogP contribution in [0.5, 0.6) is 0 Å². The van der Waals surface area contributed by atoms with Gasteiger partial charge >= 0.3 is 0 Å². The molecule has 0 saturated carbocycles. The third-order valence-corrected chi connectivity index (χ3v) is 5.98. The van der Waals surface area contributed by atoms with Gasteiger partial charge in [0.1, 0.15) is 0 Å². The lowest BCUT2D eigenvalue weighted by Gasteiger charge is -2.10. The van der Waals surface area contributed by atoms with E-state index in [1.54, 1.807) is 0 Å². The summed E-state index contributed by atoms with van der Waals surface area (Å²) in [6.45, 7) is 8.73. The summed E-state index contributed by atoms with van der Waals surface area (Å²) in [4.78, 5) is 2.76. The Bertz CT molecular complexity index is 539. The molecule has 0 N–H and O–H groups in total. The molecule has 2 rings (SSSR count). The predicted octanol–water partition coefficient (Wildman–Crippen LogP) is 5.72. The van der Waals surface area contributed by atoms with Gasteiger partial charge in [-0.3, -0.25) is 0 Å². The molecule has 0 aliphatic heterocycles. The van der Waals surface area contributed by atoms with Crippen LogP contribution in [-0.2, 0) is 0 Å². The lowest BCUT2D eigenvalue weighted by Crippen LogP contribution is -1.85. The van der Waals surface area contributed by atoms with Crippen LogP contribution in [0, 0.1) is 27.7 Å². The van der Waals surface area contributed by atoms with Crippen molar-refractivity contribution in [3.8, 4) is 0 Å². The van der Waals surface area contributed by atoms with Crippen LogP contribution in [0.2, 0.25) is 0 Å². The van der Waals surface area contributed by atoms with Crippen molar-refractivity contribution in [1.82, 2.24) is 0 Å². The molecule has 94 valence electrons. The van der Waals surface area contributed by atoms with Crippen LogP contribution in [0.3, 0.4) is 0 Å². The Balaban J connectivity index is 2.19. The van der Waals surface area contributed by atoms with Gasteiger partial charge in [-0.25, -0.2) is 0 Å². The van der Waals surface area contributed by atoms with Gasteiger partial charge in [0.25, 0.3) is 0 Å². The Morgan fingerprint density at radius 3 is 1.89 bits per heavy atom. The summed E-state index contributed by atoms with van der Waals surface area (Å²) in [7, 11) is 3.73. The zero-order valence-electron chi connectivity index (χ0n) is 11.3. The van der Waals surface area contributed by atoms with Gasteiger partial charge in [-0.1, -0.05) is 51.9 Å². The molecule has 0 aliphatic rings. The van der Waals surface area contributed by atoms with Crippen LogP contribution in [0.1, 0.15) is 22.3 Å². The van der Waals surface area contributed by atoms with E-state index in [1.165, 1.54) is 32.0 Å². The lowest BCUT2D eigenvalue weighted by molar-refractivity contribution is 1.22. The molecule has 2 heteroatoms. The maximum Gasteiger partial charge on any atom is 0.0244 e. The Hall–Kier alpha value is -0.860. The summed E-state index contributed by atoms with van der Waals surface area (Å²) in [5, 5.41) is 0. The SMILES string of the molecule is Cc1cccc(SSc2c(C)cccc2C)c1C. The molecule has 2 aromatic carbocycles. The Morgan fingerprint density at radius 2 is 1.22 bits per heavy atom. The topological polar surface area (TPSA) is 0 Å². The molecule has 0 aliphatic carbocycles. The highest BCUT2D eigenvalue weighted by molar-refractivity contribution is 8.76. The van der Waals surface area contributed by atoms with Crippen LogP contribution in [0.15, 0.2) is 46.2 Å². The Kier molecular flexibility index (Phi) is 4.41. The maximum absolute atomic E-state index is 2.20. The second-order valence-corrected chi connectivity index (χ2v) is 6.77. The fraction of sp³-hybridized carbons (Fsp3) is 0.250. The third kappa shape index (κ3) is 2.93. The summed E-state index contributed by atoms with van der Waals surface area (Å²) in [5.41, 5.74) is 5.47. The van der Waals surface area contributed by atoms with Crippen molar-refractivity contribution in [1.29, 1.82) is 0 Å². The van der Waals surface area contributed by atoms with Gasteiger partial charge in [-0.15, -0.1) is 0 Å². The minimum Gasteiger partial charge on any atom is -0.0617 e. The monoisotopic (exact) mass is 274 g/mol. The standard InChI is InChI=1S/C16H18S2/c1-11-7-6-10-15(14(11)4)17-18-16-12(2)8-5-9-13(16)3/h5-10H,1-4H3. The Morgan fingerprint density at radius 1 is 0.667 bits per heavy atom. The second kappa shape index (κ2) is 5.85. The van der Waals surface area contributed by atoms with E-state index in [9.17, 15) is 0 Å². The van der Waals surface area contributed by atoms with Crippen molar-refractivity contribution in [2.75, 3.05) is 0 Å². The van der Waals surface area contributed by atoms with Crippen molar-refractivity contribution in [3.63, 3.8) is 0 Å². The first kappa shape index (κ1) is 13.6. The quantitative estimate of drug-likeness (QED) is 0.656. The summed E-state index contributed by atoms with van der Waals surface area (Å²) >= 11 is 0. The molecule has 0 fully saturated rings. The first-order valence-electron chi connectivity index (χ1n) is 6.06. The molecule has 0 bridgehead atoms. The minimum absolute atomic E-state index is 1.36. The van der Waals surface area contributed by atoms with Gasteiger partial charge in [-0.2, -0.15) is 0 Å². The molecule has 0 saturated heterocycles. The third-order valence-electron chi connectivity index (χ3n) is 3.18. The fourth-order valence-corrected chi connectivity index (χ4v) is 4.67. The average Bonchev–Trinajstić information content (AvgIpc) is 2.33. The molecule has 2 aromatic rings. The van der Waals surface area contributed by atoms with Crippen LogP contribution in [-0.4, -0.2) is 0 Å². The minimum atomic E-state index is 1.36. The molecule has 18 heavy (non-hydrogen) atoms. The highest BCUT2D eigenvalue weighted by Crippen LogP contribution is 2.42. The van der Waals surface area contributed by atoms with E-state index in [4.69, 9.17) is 0 Å². The van der Waals surface area contributed by atoms with E-state index >= 15 is 0 Å². The summed E-state index contributed by atoms with van der Waals surface area (Å²) in [6.07, 6.45) is 0. The Labute approximate surface area is 118 Å². The number of hydrogen-bond acceptors (Lipinski definition) is 2. The molecule has 0 radical (unpaired) electrons. The molecule has 0 aromatic heterocycles. The molecule has 0 heterocycles. The lowest BCUT2D eigenvalue weighted by atomic mass is 10.1. The van der Waals surface area contributed by atoms with Gasteiger partial charge in [0.2, 0.25) is 0 Å². The van der Waals surface area contributed by atoms with Gasteiger partial charge < -0.3 is 0 Å². The largest absolute Gasteiger partial charge is 0.0617 e. The van der Waals surface area contributed by atoms with Gasteiger partial charge in [0.05, 0.1) is 0 Å². The summed E-state index contributed by atoms with van der Waals surface area (Å²) in [6, 6.07) is 13.0. The number of benzene rings is 2. The molecule has 0 nitrogen and oxygen atoms in total. The fourth-order valence-electron chi connectivity index (χ4n) is 1.83. The second-order valence-electron chi connectivity index (χ2n) is 4.59. The van der Waals surface area contributed by atoms with Gasteiger partial charge in [0.15, 0.2) is 0 Å². The predicted molar refractivity (Wildman–Crippen MR) is 83.5 cm³/mol. The van der Waals surface area contributed by atoms with Crippen LogP contribution in [0.25, 0.3) is 0 Å². The molecule has 0 amide bonds. The van der Waals surface area contributed by atoms with E-state index in [-0.39, 0.29) is 0 Å². The van der Waals surface area contributed by atoms with E-state index < -0.39 is 0 Å². The summed E-state index contributed by atoms with van der Waals surface area (Å²) < 4.78 is 0. The number of aryl methyl sites for hydroxylation is 3. The van der Waals surface area contributed by atoms with Crippen molar-refractivity contribution >= 4 is 21.6 Å². The van der Waals surface area contributed by atoms with E-state index in [0.717, 1.165) is 0 Å². The summed E-state index contributed by atoms with van der Waals surface area (Å²) in [5.74, 6) is 0. The van der Waals surface area contributed by atoms with E-state index in [1.807, 2.05) is 21.6 Å². The van der Waals surface area contributed by atoms with Crippen LogP contribution in [0.4, 0.5) is 0 Å². The average molecular weight is 274 g/mol. The van der Waals surface area contributed by atoms with Crippen molar-refractivity contribution < 1.29 is 0 Å².